The van der Waals surface area contributed by atoms with E-state index in [1.165, 1.54) is 51.9 Å². The summed E-state index contributed by atoms with van der Waals surface area (Å²) in [5, 5.41) is 63.5. The molecule has 0 spiro atoms. The fourth-order valence-electron chi connectivity index (χ4n) is 5.88. The number of nitrogen functional groups attached to an aromatic ring is 1. The van der Waals surface area contributed by atoms with E-state index in [4.69, 9.17) is 52.3 Å². The summed E-state index contributed by atoms with van der Waals surface area (Å²) in [5.74, 6) is -9.51. The molecule has 1 aliphatic heterocycles. The lowest BCUT2D eigenvalue weighted by atomic mass is 9.89. The molecule has 1 saturated carbocycles. The summed E-state index contributed by atoms with van der Waals surface area (Å²) in [6.45, 7) is 5.31. The first kappa shape index (κ1) is 53.3. The van der Waals surface area contributed by atoms with E-state index in [1.54, 1.807) is 6.33 Å². The largest absolute Gasteiger partial charge is 0.478 e. The molecule has 2 fully saturated rings. The number of carboxylic acids is 8. The first-order chi connectivity index (χ1) is 29.6. The molecule has 0 atom stereocenters. The van der Waals surface area contributed by atoms with Crippen LogP contribution in [0.15, 0.2) is 85.4 Å². The van der Waals surface area contributed by atoms with E-state index in [0.29, 0.717) is 67.0 Å². The number of rotatable bonds is 12. The predicted molar refractivity (Wildman–Crippen MR) is 223 cm³/mol. The van der Waals surface area contributed by atoms with Gasteiger partial charge in [0.05, 0.1) is 5.39 Å². The van der Waals surface area contributed by atoms with Crippen molar-refractivity contribution in [2.24, 2.45) is 5.73 Å². The van der Waals surface area contributed by atoms with E-state index in [9.17, 15) is 38.4 Å². The zero-order valence-corrected chi connectivity index (χ0v) is 33.8. The number of aliphatic carboxylic acids is 8. The van der Waals surface area contributed by atoms with E-state index >= 15 is 0 Å². The third-order valence-corrected chi connectivity index (χ3v) is 8.73. The number of carboxylic acid groups (broad SMARTS) is 8. The van der Waals surface area contributed by atoms with Crippen LogP contribution in [0.3, 0.4) is 0 Å². The number of carbonyl (C=O) groups is 8. The summed E-state index contributed by atoms with van der Waals surface area (Å²) in [6.07, 6.45) is 13.1. The molecule has 63 heavy (non-hydrogen) atoms. The summed E-state index contributed by atoms with van der Waals surface area (Å²) in [7, 11) is 2.22. The Kier molecular flexibility index (Phi) is 23.6. The molecule has 2 aromatic heterocycles. The highest BCUT2D eigenvalue weighted by atomic mass is 16.4. The van der Waals surface area contributed by atoms with Crippen molar-refractivity contribution in [3.05, 3.63) is 91.0 Å². The number of piperazine rings is 1. The molecule has 0 unspecified atom stereocenters. The first-order valence-corrected chi connectivity index (χ1v) is 18.5. The van der Waals surface area contributed by atoms with Crippen LogP contribution >= 0.6 is 0 Å². The smallest absolute Gasteiger partial charge is 0.328 e. The van der Waals surface area contributed by atoms with Gasteiger partial charge in [-0.25, -0.2) is 48.3 Å². The van der Waals surface area contributed by atoms with Gasteiger partial charge in [0.15, 0.2) is 0 Å². The molecule has 3 aromatic rings. The molecule has 12 N–H and O–H groups in total. The van der Waals surface area contributed by atoms with Crippen LogP contribution in [0, 0.1) is 0 Å². The van der Waals surface area contributed by atoms with Crippen LogP contribution in [-0.4, -0.2) is 152 Å². The van der Waals surface area contributed by atoms with Crippen LogP contribution < -0.4 is 11.5 Å². The topological polar surface area (TPSA) is 388 Å². The number of nitrogens with zero attached hydrogens (tertiary/aromatic N) is 5. The van der Waals surface area contributed by atoms with Gasteiger partial charge in [-0.05, 0) is 43.9 Å². The average molecular weight is 884 g/mol. The Morgan fingerprint density at radius 1 is 0.587 bits per heavy atom. The van der Waals surface area contributed by atoms with Gasteiger partial charge in [-0.2, -0.15) is 0 Å². The molecule has 2 aliphatic rings. The normalized spacial score (nSPS) is 16.3. The van der Waals surface area contributed by atoms with Gasteiger partial charge in [-0.1, -0.05) is 24.3 Å². The summed E-state index contributed by atoms with van der Waals surface area (Å²) < 4.78 is 2.36. The van der Waals surface area contributed by atoms with Crippen LogP contribution in [0.25, 0.3) is 22.2 Å². The Balaban J connectivity index is 0.000000505. The summed E-state index contributed by atoms with van der Waals surface area (Å²) in [6, 6.07) is 9.59. The molecule has 0 amide bonds. The monoisotopic (exact) mass is 883 g/mol. The second-order valence-electron chi connectivity index (χ2n) is 13.1. The van der Waals surface area contributed by atoms with Crippen molar-refractivity contribution in [2.45, 2.75) is 44.3 Å². The molecule has 1 aromatic carbocycles. The van der Waals surface area contributed by atoms with Crippen LogP contribution in [0.2, 0.25) is 0 Å². The number of nitrogens with two attached hydrogens (primary N) is 2. The Morgan fingerprint density at radius 3 is 1.30 bits per heavy atom. The van der Waals surface area contributed by atoms with Gasteiger partial charge in [0.2, 0.25) is 0 Å². The van der Waals surface area contributed by atoms with Gasteiger partial charge in [-0.3, -0.25) is 4.90 Å². The molecule has 1 aliphatic carbocycles. The van der Waals surface area contributed by atoms with Crippen LogP contribution in [0.1, 0.15) is 37.3 Å². The zero-order chi connectivity index (χ0) is 47.6. The van der Waals surface area contributed by atoms with E-state index in [-0.39, 0.29) is 0 Å². The standard InChI is InChI=1S/C24H33N7.4C4H4O4/c1-29-10-12-30(13-11-29)19-6-8-20(9-7-19)31-15-21(18-4-2-17(14-25)3-5-18)22-23(26)27-16-28-24(22)31;4*5-3(6)1-2-4(7)8/h2-5,15-16,19-20H,6-14,25H2,1H3,(H2,26,27,28);4*1-2H,(H,5,6)(H,7,8)/b;4*2-1-. The van der Waals surface area contributed by atoms with E-state index in [2.05, 4.69) is 61.8 Å². The van der Waals surface area contributed by atoms with E-state index < -0.39 is 47.8 Å². The van der Waals surface area contributed by atoms with Crippen molar-refractivity contribution >= 4 is 64.6 Å². The van der Waals surface area contributed by atoms with Crippen molar-refractivity contribution in [2.75, 3.05) is 39.0 Å². The first-order valence-electron chi connectivity index (χ1n) is 18.5. The summed E-state index contributed by atoms with van der Waals surface area (Å²) >= 11 is 0. The van der Waals surface area contributed by atoms with Crippen molar-refractivity contribution in [1.29, 1.82) is 0 Å². The highest BCUT2D eigenvalue weighted by Gasteiger charge is 2.30. The number of anilines is 1. The highest BCUT2D eigenvalue weighted by molar-refractivity contribution is 6.00. The van der Waals surface area contributed by atoms with Gasteiger partial charge in [0.1, 0.15) is 17.8 Å². The van der Waals surface area contributed by atoms with Crippen LogP contribution in [0.4, 0.5) is 5.82 Å². The Morgan fingerprint density at radius 2 is 0.952 bits per heavy atom. The van der Waals surface area contributed by atoms with Crippen molar-refractivity contribution in [1.82, 2.24) is 24.3 Å². The molecular weight excluding hydrogens is 834 g/mol. The molecule has 3 heterocycles. The Labute approximate surface area is 358 Å². The molecular formula is C40H49N7O16. The quantitative estimate of drug-likeness (QED) is 0.116. The number of fused-ring (bicyclic) bond motifs is 1. The predicted octanol–water partition coefficient (Wildman–Crippen LogP) is 1.72. The number of likely N-dealkylation sites (N-methyl/N-ethyl adjacent to an activating group) is 1. The molecule has 5 rings (SSSR count). The minimum absolute atomic E-state index is 0.456. The fourth-order valence-corrected chi connectivity index (χ4v) is 5.88. The second-order valence-corrected chi connectivity index (χ2v) is 13.1. The van der Waals surface area contributed by atoms with Crippen molar-refractivity contribution in [3.8, 4) is 11.1 Å². The summed E-state index contributed by atoms with van der Waals surface area (Å²) in [4.78, 5) is 90.5. The van der Waals surface area contributed by atoms with Gasteiger partial charge < -0.3 is 61.8 Å². The lowest BCUT2D eigenvalue weighted by Crippen LogP contribution is -2.49. The van der Waals surface area contributed by atoms with Crippen molar-refractivity contribution in [3.63, 3.8) is 0 Å². The third-order valence-electron chi connectivity index (χ3n) is 8.73. The van der Waals surface area contributed by atoms with Gasteiger partial charge in [0, 0.05) is 105 Å². The SMILES string of the molecule is CN1CCN(C2CCC(n3cc(-c4ccc(CN)cc4)c4c(N)ncnc43)CC2)CC1.O=C(O)/C=C\C(=O)O.O=C(O)/C=C\C(=O)O.O=C(O)/C=C\C(=O)O.O=C(O)/C=C\C(=O)O. The lowest BCUT2D eigenvalue weighted by molar-refractivity contribution is -0.134. The minimum atomic E-state index is -1.26. The van der Waals surface area contributed by atoms with E-state index in [0.717, 1.165) is 33.8 Å². The number of aromatic nitrogens is 3. The maximum atomic E-state index is 9.55. The zero-order valence-electron chi connectivity index (χ0n) is 33.8. The van der Waals surface area contributed by atoms with Crippen LogP contribution in [-0.2, 0) is 44.9 Å². The van der Waals surface area contributed by atoms with Gasteiger partial charge >= 0.3 is 47.8 Å². The highest BCUT2D eigenvalue weighted by Crippen LogP contribution is 2.39. The number of benzene rings is 1. The summed E-state index contributed by atoms with van der Waals surface area (Å²) in [5.41, 5.74) is 16.4. The molecule has 1 saturated heterocycles. The Bertz CT molecular complexity index is 1960. The maximum absolute atomic E-state index is 9.55. The third kappa shape index (κ3) is 21.9. The fraction of sp³-hybridized carbons (Fsp3) is 0.300. The minimum Gasteiger partial charge on any atom is -0.478 e. The van der Waals surface area contributed by atoms with Gasteiger partial charge in [-0.15, -0.1) is 0 Å². The molecule has 23 heteroatoms. The van der Waals surface area contributed by atoms with Gasteiger partial charge in [0.25, 0.3) is 0 Å². The average Bonchev–Trinajstić information content (AvgIpc) is 3.63. The molecule has 23 nitrogen and oxygen atoms in total. The molecule has 0 radical (unpaired) electrons. The maximum Gasteiger partial charge on any atom is 0.328 e. The number of hydrogen-bond acceptors (Lipinski definition) is 14. The van der Waals surface area contributed by atoms with Crippen molar-refractivity contribution < 1.29 is 79.2 Å². The van der Waals surface area contributed by atoms with Crippen LogP contribution in [0.5, 0.6) is 0 Å². The molecule has 0 bridgehead atoms. The van der Waals surface area contributed by atoms with E-state index in [1.807, 2.05) is 0 Å². The molecule has 340 valence electrons. The Hall–Kier alpha value is -7.76. The second kappa shape index (κ2) is 27.9. The number of hydrogen-bond donors (Lipinski definition) is 10. The lowest BCUT2D eigenvalue weighted by Gasteiger charge is -2.41.